The minimum atomic E-state index is -1.20. The zero-order chi connectivity index (χ0) is 19.3. The normalized spacial score (nSPS) is 47.7. The van der Waals surface area contributed by atoms with Crippen LogP contribution in [0.15, 0.2) is 0 Å². The van der Waals surface area contributed by atoms with E-state index in [1.807, 2.05) is 0 Å². The van der Waals surface area contributed by atoms with E-state index in [4.69, 9.17) is 0 Å². The quantitative estimate of drug-likeness (QED) is 0.415. The molecule has 0 aromatic heterocycles. The van der Waals surface area contributed by atoms with Crippen LogP contribution in [0.1, 0.15) is 103 Å². The molecule has 0 amide bonds. The third kappa shape index (κ3) is 3.38. The largest absolute Gasteiger partial charge is 0.0689 e. The molecule has 5 rings (SSSR count). The lowest BCUT2D eigenvalue weighted by atomic mass is 9.65. The molecule has 7 unspecified atom stereocenters. The van der Waals surface area contributed by atoms with Crippen molar-refractivity contribution in [2.45, 2.75) is 127 Å². The van der Waals surface area contributed by atoms with Crippen LogP contribution in [0.25, 0.3) is 0 Å². The lowest BCUT2D eigenvalue weighted by Gasteiger charge is -2.48. The Kier molecular flexibility index (Phi) is 5.79. The molecule has 0 saturated heterocycles. The van der Waals surface area contributed by atoms with Crippen LogP contribution in [0.3, 0.4) is 0 Å². The highest BCUT2D eigenvalue weighted by Crippen LogP contribution is 2.64. The van der Waals surface area contributed by atoms with Gasteiger partial charge in [0.25, 0.3) is 0 Å². The Bertz CT molecular complexity index is 532. The summed E-state index contributed by atoms with van der Waals surface area (Å²) >= 11 is 0. The van der Waals surface area contributed by atoms with Gasteiger partial charge in [-0.3, -0.25) is 0 Å². The first kappa shape index (κ1) is 20.1. The smallest absolute Gasteiger partial charge is 0.0544 e. The van der Waals surface area contributed by atoms with E-state index in [1.54, 1.807) is 89.9 Å². The van der Waals surface area contributed by atoms with Crippen LogP contribution >= 0.6 is 0 Å². The van der Waals surface area contributed by atoms with Gasteiger partial charge in [0, 0.05) is 0 Å². The number of rotatable bonds is 3. The summed E-state index contributed by atoms with van der Waals surface area (Å²) in [6, 6.07) is 0. The van der Waals surface area contributed by atoms with Crippen LogP contribution in [-0.2, 0) is 0 Å². The second-order valence-corrected chi connectivity index (χ2v) is 17.8. The van der Waals surface area contributed by atoms with Gasteiger partial charge in [0.2, 0.25) is 0 Å². The SMILES string of the molecule is CC1CC2CCCCC2C1[Si](C)(C)C1CCC2C1CCC[C@@H]2C1CCCCC1. The molecule has 5 fully saturated rings. The Morgan fingerprint density at radius 2 is 1.18 bits per heavy atom. The summed E-state index contributed by atoms with van der Waals surface area (Å²) in [5, 5.41) is 0. The van der Waals surface area contributed by atoms with Crippen LogP contribution in [0.2, 0.25) is 24.2 Å². The second-order valence-electron chi connectivity index (χ2n) is 12.8. The third-order valence-corrected chi connectivity index (χ3v) is 16.6. The average molecular weight is 401 g/mol. The molecule has 5 saturated carbocycles. The summed E-state index contributed by atoms with van der Waals surface area (Å²) in [5.74, 6) is 7.87. The zero-order valence-corrected chi connectivity index (χ0v) is 20.3. The maximum Gasteiger partial charge on any atom is 0.0544 e. The number of fused-ring (bicyclic) bond motifs is 2. The van der Waals surface area contributed by atoms with Gasteiger partial charge in [-0.15, -0.1) is 0 Å². The van der Waals surface area contributed by atoms with E-state index < -0.39 is 8.07 Å². The molecule has 8 atom stereocenters. The lowest BCUT2D eigenvalue weighted by Crippen LogP contribution is -2.46. The summed E-state index contributed by atoms with van der Waals surface area (Å²) in [6.07, 6.45) is 23.7. The number of hydrogen-bond donors (Lipinski definition) is 0. The first-order chi connectivity index (χ1) is 13.6. The van der Waals surface area contributed by atoms with Gasteiger partial charge < -0.3 is 0 Å². The molecule has 160 valence electrons. The Morgan fingerprint density at radius 3 is 2.00 bits per heavy atom. The number of hydrogen-bond acceptors (Lipinski definition) is 0. The van der Waals surface area contributed by atoms with Crippen molar-refractivity contribution in [1.82, 2.24) is 0 Å². The average Bonchev–Trinajstić information content (AvgIpc) is 3.29. The van der Waals surface area contributed by atoms with Crippen molar-refractivity contribution < 1.29 is 0 Å². The molecule has 5 aliphatic rings. The molecule has 0 spiro atoms. The van der Waals surface area contributed by atoms with Gasteiger partial charge in [0.1, 0.15) is 0 Å². The Hall–Kier alpha value is 0.217. The molecule has 0 bridgehead atoms. The highest BCUT2D eigenvalue weighted by Gasteiger charge is 2.56. The van der Waals surface area contributed by atoms with Crippen molar-refractivity contribution >= 4 is 8.07 Å². The topological polar surface area (TPSA) is 0 Å². The Morgan fingerprint density at radius 1 is 0.536 bits per heavy atom. The van der Waals surface area contributed by atoms with Crippen molar-refractivity contribution in [3.63, 3.8) is 0 Å². The molecule has 0 aromatic carbocycles. The summed E-state index contributed by atoms with van der Waals surface area (Å²) in [4.78, 5) is 0. The summed E-state index contributed by atoms with van der Waals surface area (Å²) in [6.45, 7) is 8.46. The van der Waals surface area contributed by atoms with E-state index in [-0.39, 0.29) is 0 Å². The van der Waals surface area contributed by atoms with Gasteiger partial charge in [-0.25, -0.2) is 0 Å². The van der Waals surface area contributed by atoms with E-state index in [9.17, 15) is 0 Å². The fraction of sp³-hybridized carbons (Fsp3) is 1.00. The summed E-state index contributed by atoms with van der Waals surface area (Å²) < 4.78 is 0. The van der Waals surface area contributed by atoms with Crippen LogP contribution in [0.4, 0.5) is 0 Å². The molecule has 0 aromatic rings. The Labute approximate surface area is 177 Å². The van der Waals surface area contributed by atoms with E-state index in [1.165, 1.54) is 12.0 Å². The summed E-state index contributed by atoms with van der Waals surface area (Å²) in [5.41, 5.74) is 2.34. The van der Waals surface area contributed by atoms with Crippen molar-refractivity contribution in [3.05, 3.63) is 0 Å². The van der Waals surface area contributed by atoms with Crippen molar-refractivity contribution in [1.29, 1.82) is 0 Å². The van der Waals surface area contributed by atoms with Gasteiger partial charge in [-0.1, -0.05) is 97.1 Å². The summed E-state index contributed by atoms with van der Waals surface area (Å²) in [7, 11) is -1.20. The van der Waals surface area contributed by atoms with Crippen molar-refractivity contribution in [3.8, 4) is 0 Å². The lowest BCUT2D eigenvalue weighted by molar-refractivity contribution is 0.0981. The van der Waals surface area contributed by atoms with E-state index in [2.05, 4.69) is 20.0 Å². The van der Waals surface area contributed by atoms with Crippen LogP contribution in [0.5, 0.6) is 0 Å². The van der Waals surface area contributed by atoms with Crippen LogP contribution < -0.4 is 0 Å². The molecule has 28 heavy (non-hydrogen) atoms. The molecular formula is C27H48Si. The fourth-order valence-corrected chi connectivity index (χ4v) is 16.6. The minimum absolute atomic E-state index is 1.05. The first-order valence-corrected chi connectivity index (χ1v) is 16.7. The van der Waals surface area contributed by atoms with Gasteiger partial charge >= 0.3 is 0 Å². The third-order valence-electron chi connectivity index (χ3n) is 11.3. The van der Waals surface area contributed by atoms with Crippen LogP contribution in [0, 0.1) is 41.4 Å². The van der Waals surface area contributed by atoms with Crippen molar-refractivity contribution in [2.75, 3.05) is 0 Å². The monoisotopic (exact) mass is 400 g/mol. The molecule has 0 nitrogen and oxygen atoms in total. The minimum Gasteiger partial charge on any atom is -0.0689 e. The Balaban J connectivity index is 1.34. The standard InChI is InChI=1S/C27H48Si/c1-19-18-21-12-7-8-13-23(21)27(19)28(2,3)26-17-16-24-22(14-9-15-25(24)26)20-10-5-4-6-11-20/h19-27H,4-18H2,1-3H3/t19?,21?,22-,23?,24?,25?,26?,27?/m1/s1. The van der Waals surface area contributed by atoms with E-state index in [0.717, 1.165) is 47.0 Å². The van der Waals surface area contributed by atoms with E-state index in [0.29, 0.717) is 0 Å². The maximum absolute atomic E-state index is 2.89. The molecule has 0 aliphatic heterocycles. The predicted octanol–water partition coefficient (Wildman–Crippen LogP) is 8.69. The molecule has 0 radical (unpaired) electrons. The van der Waals surface area contributed by atoms with Crippen LogP contribution in [-0.4, -0.2) is 8.07 Å². The highest BCUT2D eigenvalue weighted by molar-refractivity contribution is 6.80. The van der Waals surface area contributed by atoms with Gasteiger partial charge in [-0.2, -0.15) is 0 Å². The highest BCUT2D eigenvalue weighted by atomic mass is 28.3. The molecule has 1 heteroatoms. The molecule has 0 N–H and O–H groups in total. The van der Waals surface area contributed by atoms with Crippen molar-refractivity contribution in [2.24, 2.45) is 41.4 Å². The molecule has 5 aliphatic carbocycles. The maximum atomic E-state index is 2.89. The first-order valence-electron chi connectivity index (χ1n) is 13.6. The van der Waals surface area contributed by atoms with Gasteiger partial charge in [0.05, 0.1) is 8.07 Å². The fourth-order valence-electron chi connectivity index (χ4n) is 10.5. The molecule has 0 heterocycles. The zero-order valence-electron chi connectivity index (χ0n) is 19.3. The van der Waals surface area contributed by atoms with Gasteiger partial charge in [0.15, 0.2) is 0 Å². The molecular weight excluding hydrogens is 352 g/mol. The predicted molar refractivity (Wildman–Crippen MR) is 124 cm³/mol. The van der Waals surface area contributed by atoms with Gasteiger partial charge in [-0.05, 0) is 71.8 Å². The van der Waals surface area contributed by atoms with E-state index >= 15 is 0 Å². The second kappa shape index (κ2) is 8.05.